The molecule has 2 amide bonds. The van der Waals surface area contributed by atoms with Gasteiger partial charge in [-0.1, -0.05) is 42.5 Å². The molecule has 7 heteroatoms. The lowest BCUT2D eigenvalue weighted by Crippen LogP contribution is -2.37. The number of nitrogens with zero attached hydrogens (tertiary/aromatic N) is 1. The lowest BCUT2D eigenvalue weighted by molar-refractivity contribution is -0.117. The highest BCUT2D eigenvalue weighted by Crippen LogP contribution is 2.15. The summed E-state index contributed by atoms with van der Waals surface area (Å²) in [7, 11) is 0. The summed E-state index contributed by atoms with van der Waals surface area (Å²) in [5.74, 6) is 0.101. The van der Waals surface area contributed by atoms with Crippen LogP contribution in [-0.4, -0.2) is 48.1 Å². The SMILES string of the molecule is O=C(CN(CCO)CCc1ccccc1)Nc1ccccc1C(=O)NCc1ccco1. The number of para-hydroxylation sites is 1. The maximum atomic E-state index is 12.6. The molecule has 0 spiro atoms. The first-order chi connectivity index (χ1) is 15.2. The Bertz CT molecular complexity index is 958. The lowest BCUT2D eigenvalue weighted by atomic mass is 10.1. The molecular formula is C24H27N3O4. The molecule has 0 fully saturated rings. The van der Waals surface area contributed by atoms with Crippen LogP contribution in [0, 0.1) is 0 Å². The number of hydrogen-bond donors (Lipinski definition) is 3. The molecule has 0 saturated carbocycles. The third-order valence-electron chi connectivity index (χ3n) is 4.79. The third-order valence-corrected chi connectivity index (χ3v) is 4.79. The zero-order chi connectivity index (χ0) is 21.9. The predicted molar refractivity (Wildman–Crippen MR) is 119 cm³/mol. The molecule has 7 nitrogen and oxygen atoms in total. The zero-order valence-corrected chi connectivity index (χ0v) is 17.3. The number of amides is 2. The van der Waals surface area contributed by atoms with E-state index in [1.807, 2.05) is 35.2 Å². The fourth-order valence-corrected chi connectivity index (χ4v) is 3.20. The van der Waals surface area contributed by atoms with Crippen LogP contribution < -0.4 is 10.6 Å². The number of aliphatic hydroxyl groups excluding tert-OH is 1. The fraction of sp³-hybridized carbons (Fsp3) is 0.250. The van der Waals surface area contributed by atoms with Crippen LogP contribution >= 0.6 is 0 Å². The number of anilines is 1. The Morgan fingerprint density at radius 2 is 1.71 bits per heavy atom. The standard InChI is InChI=1S/C24H27N3O4/c28-15-14-27(13-12-19-7-2-1-3-8-19)18-23(29)26-22-11-5-4-10-21(22)24(30)25-17-20-9-6-16-31-20/h1-11,16,28H,12-15,17-18H2,(H,25,30)(H,26,29). The first kappa shape index (κ1) is 22.3. The molecule has 0 unspecified atom stereocenters. The molecule has 0 aliphatic carbocycles. The van der Waals surface area contributed by atoms with Crippen molar-refractivity contribution in [3.05, 3.63) is 89.9 Å². The molecule has 0 aliphatic rings. The van der Waals surface area contributed by atoms with Gasteiger partial charge in [0.2, 0.25) is 5.91 Å². The number of carbonyl (C=O) groups is 2. The van der Waals surface area contributed by atoms with Crippen molar-refractivity contribution in [3.8, 4) is 0 Å². The van der Waals surface area contributed by atoms with Crippen LogP contribution in [0.15, 0.2) is 77.4 Å². The smallest absolute Gasteiger partial charge is 0.253 e. The minimum Gasteiger partial charge on any atom is -0.467 e. The van der Waals surface area contributed by atoms with Crippen molar-refractivity contribution in [3.63, 3.8) is 0 Å². The molecule has 0 bridgehead atoms. The average Bonchev–Trinajstić information content (AvgIpc) is 3.31. The van der Waals surface area contributed by atoms with Crippen LogP contribution in [0.2, 0.25) is 0 Å². The van der Waals surface area contributed by atoms with Crippen LogP contribution in [-0.2, 0) is 17.8 Å². The van der Waals surface area contributed by atoms with Crippen LogP contribution in [0.3, 0.4) is 0 Å². The number of aliphatic hydroxyl groups is 1. The molecule has 31 heavy (non-hydrogen) atoms. The summed E-state index contributed by atoms with van der Waals surface area (Å²) in [6.45, 7) is 1.39. The average molecular weight is 421 g/mol. The Balaban J connectivity index is 1.57. The third kappa shape index (κ3) is 7.09. The second kappa shape index (κ2) is 11.7. The van der Waals surface area contributed by atoms with Gasteiger partial charge in [0, 0.05) is 13.1 Å². The molecule has 1 aromatic heterocycles. The molecule has 0 radical (unpaired) electrons. The molecular weight excluding hydrogens is 394 g/mol. The Morgan fingerprint density at radius 3 is 2.45 bits per heavy atom. The summed E-state index contributed by atoms with van der Waals surface area (Å²) >= 11 is 0. The van der Waals surface area contributed by atoms with Gasteiger partial charge in [-0.3, -0.25) is 14.5 Å². The van der Waals surface area contributed by atoms with Crippen molar-refractivity contribution in [2.75, 3.05) is 31.6 Å². The molecule has 3 aromatic rings. The van der Waals surface area contributed by atoms with Gasteiger partial charge in [-0.05, 0) is 36.2 Å². The van der Waals surface area contributed by atoms with E-state index in [9.17, 15) is 14.7 Å². The van der Waals surface area contributed by atoms with Crippen molar-refractivity contribution in [2.24, 2.45) is 0 Å². The Labute approximate surface area is 181 Å². The van der Waals surface area contributed by atoms with Crippen LogP contribution in [0.4, 0.5) is 5.69 Å². The van der Waals surface area contributed by atoms with Gasteiger partial charge < -0.3 is 20.2 Å². The number of carbonyl (C=O) groups excluding carboxylic acids is 2. The number of rotatable bonds is 11. The van der Waals surface area contributed by atoms with E-state index >= 15 is 0 Å². The van der Waals surface area contributed by atoms with E-state index in [2.05, 4.69) is 10.6 Å². The highest BCUT2D eigenvalue weighted by Gasteiger charge is 2.15. The van der Waals surface area contributed by atoms with Gasteiger partial charge >= 0.3 is 0 Å². The molecule has 0 aliphatic heterocycles. The molecule has 2 aromatic carbocycles. The maximum absolute atomic E-state index is 12.6. The number of furan rings is 1. The topological polar surface area (TPSA) is 94.8 Å². The Kier molecular flexibility index (Phi) is 8.39. The minimum absolute atomic E-state index is 0.0339. The van der Waals surface area contributed by atoms with E-state index in [-0.39, 0.29) is 31.5 Å². The molecule has 3 rings (SSSR count). The molecule has 0 saturated heterocycles. The Morgan fingerprint density at radius 1 is 0.935 bits per heavy atom. The van der Waals surface area contributed by atoms with Gasteiger partial charge in [0.1, 0.15) is 5.76 Å². The summed E-state index contributed by atoms with van der Waals surface area (Å²) in [6.07, 6.45) is 2.32. The van der Waals surface area contributed by atoms with Crippen LogP contribution in [0.1, 0.15) is 21.7 Å². The van der Waals surface area contributed by atoms with Crippen molar-refractivity contribution < 1.29 is 19.1 Å². The van der Waals surface area contributed by atoms with Gasteiger partial charge in [-0.15, -0.1) is 0 Å². The summed E-state index contributed by atoms with van der Waals surface area (Å²) in [5, 5.41) is 15.0. The van der Waals surface area contributed by atoms with Crippen molar-refractivity contribution in [1.82, 2.24) is 10.2 Å². The van der Waals surface area contributed by atoms with E-state index in [0.29, 0.717) is 30.1 Å². The maximum Gasteiger partial charge on any atom is 0.253 e. The van der Waals surface area contributed by atoms with E-state index in [0.717, 1.165) is 6.42 Å². The Hall–Kier alpha value is -3.42. The molecule has 3 N–H and O–H groups in total. The van der Waals surface area contributed by atoms with Crippen molar-refractivity contribution >= 4 is 17.5 Å². The van der Waals surface area contributed by atoms with Gasteiger partial charge in [-0.25, -0.2) is 0 Å². The monoisotopic (exact) mass is 421 g/mol. The highest BCUT2D eigenvalue weighted by atomic mass is 16.3. The minimum atomic E-state index is -0.302. The number of hydrogen-bond acceptors (Lipinski definition) is 5. The van der Waals surface area contributed by atoms with E-state index in [4.69, 9.17) is 4.42 Å². The lowest BCUT2D eigenvalue weighted by Gasteiger charge is -2.21. The largest absolute Gasteiger partial charge is 0.467 e. The van der Waals surface area contributed by atoms with Crippen LogP contribution in [0.25, 0.3) is 0 Å². The first-order valence-corrected chi connectivity index (χ1v) is 10.2. The number of nitrogens with one attached hydrogen (secondary N) is 2. The summed E-state index contributed by atoms with van der Waals surface area (Å²) < 4.78 is 5.23. The highest BCUT2D eigenvalue weighted by molar-refractivity contribution is 6.04. The normalized spacial score (nSPS) is 10.8. The summed E-state index contributed by atoms with van der Waals surface area (Å²) in [4.78, 5) is 27.1. The molecule has 0 atom stereocenters. The quantitative estimate of drug-likeness (QED) is 0.443. The van der Waals surface area contributed by atoms with Gasteiger partial charge in [0.15, 0.2) is 0 Å². The first-order valence-electron chi connectivity index (χ1n) is 10.2. The molecule has 162 valence electrons. The molecule has 1 heterocycles. The van der Waals surface area contributed by atoms with Crippen molar-refractivity contribution in [2.45, 2.75) is 13.0 Å². The van der Waals surface area contributed by atoms with E-state index < -0.39 is 0 Å². The van der Waals surface area contributed by atoms with Crippen molar-refractivity contribution in [1.29, 1.82) is 0 Å². The summed E-state index contributed by atoms with van der Waals surface area (Å²) in [6, 6.07) is 20.4. The fourth-order valence-electron chi connectivity index (χ4n) is 3.20. The zero-order valence-electron chi connectivity index (χ0n) is 17.3. The van der Waals surface area contributed by atoms with Gasteiger partial charge in [-0.2, -0.15) is 0 Å². The summed E-state index contributed by atoms with van der Waals surface area (Å²) in [5.41, 5.74) is 1.99. The second-order valence-electron chi connectivity index (χ2n) is 7.09. The second-order valence-corrected chi connectivity index (χ2v) is 7.09. The van der Waals surface area contributed by atoms with E-state index in [1.165, 1.54) is 5.56 Å². The number of benzene rings is 2. The van der Waals surface area contributed by atoms with Gasteiger partial charge in [0.25, 0.3) is 5.91 Å². The van der Waals surface area contributed by atoms with E-state index in [1.54, 1.807) is 42.7 Å². The predicted octanol–water partition coefficient (Wildman–Crippen LogP) is 2.69. The van der Waals surface area contributed by atoms with Crippen LogP contribution in [0.5, 0.6) is 0 Å². The van der Waals surface area contributed by atoms with Gasteiger partial charge in [0.05, 0.1) is 37.2 Å².